The van der Waals surface area contributed by atoms with E-state index < -0.39 is 28.1 Å². The minimum absolute atomic E-state index is 0.195. The second-order valence-corrected chi connectivity index (χ2v) is 17.2. The number of rotatable bonds is 16. The lowest BCUT2D eigenvalue weighted by Gasteiger charge is -2.54. The summed E-state index contributed by atoms with van der Waals surface area (Å²) in [7, 11) is 0.462. The first-order valence-corrected chi connectivity index (χ1v) is 19.4. The average molecular weight is 742 g/mol. The molecule has 3 rings (SSSR count). The number of benzene rings is 3. The molecule has 0 saturated heterocycles. The fraction of sp³-hybridized carbons (Fsp3) is 0.500. The van der Waals surface area contributed by atoms with E-state index in [9.17, 15) is 9.59 Å². The van der Waals surface area contributed by atoms with Crippen LogP contribution >= 0.6 is 23.4 Å². The molecule has 0 aliphatic carbocycles. The zero-order chi connectivity index (χ0) is 37.2. The average Bonchev–Trinajstić information content (AvgIpc) is 3.03. The number of alkyl carbamates (subject to hydrolysis) is 1. The van der Waals surface area contributed by atoms with Gasteiger partial charge in [-0.2, -0.15) is 0 Å². The molecule has 1 N–H and O–H groups in total. The van der Waals surface area contributed by atoms with E-state index in [0.29, 0.717) is 41.4 Å². The number of carbonyl (C=O) groups excluding carboxylic acids is 2. The summed E-state index contributed by atoms with van der Waals surface area (Å²) in [5, 5.41) is 3.97. The van der Waals surface area contributed by atoms with Crippen molar-refractivity contribution in [3.63, 3.8) is 0 Å². The van der Waals surface area contributed by atoms with E-state index in [1.54, 1.807) is 18.7 Å². The molecule has 0 aromatic heterocycles. The number of hydrogen-bond acceptors (Lipinski definition) is 7. The predicted molar refractivity (Wildman–Crippen MR) is 207 cm³/mol. The third-order valence-electron chi connectivity index (χ3n) is 9.27. The zero-order valence-corrected chi connectivity index (χ0v) is 35.1. The van der Waals surface area contributed by atoms with Gasteiger partial charge < -0.3 is 24.0 Å². The molecular weight excluding hydrogens is 686 g/mol. The summed E-state index contributed by atoms with van der Waals surface area (Å²) in [5.74, 6) is 0.0920. The van der Waals surface area contributed by atoms with Crippen molar-refractivity contribution in [2.24, 2.45) is 16.7 Å². The summed E-state index contributed by atoms with van der Waals surface area (Å²) < 4.78 is 23.1. The topological polar surface area (TPSA) is 83.1 Å². The number of aryl methyl sites for hydroxylation is 1. The molecule has 3 aromatic rings. The van der Waals surface area contributed by atoms with E-state index >= 15 is 0 Å². The zero-order valence-electron chi connectivity index (χ0n) is 31.5. The van der Waals surface area contributed by atoms with Gasteiger partial charge in [0.1, 0.15) is 28.4 Å². The van der Waals surface area contributed by atoms with Crippen molar-refractivity contribution in [1.29, 1.82) is 0 Å². The van der Waals surface area contributed by atoms with Crippen molar-refractivity contribution in [3.05, 3.63) is 88.9 Å². The lowest BCUT2D eigenvalue weighted by molar-refractivity contribution is -0.165. The van der Waals surface area contributed by atoms with Crippen LogP contribution in [0.2, 0.25) is 5.02 Å². The summed E-state index contributed by atoms with van der Waals surface area (Å²) in [4.78, 5) is 29.1. The molecule has 10 heteroatoms. The van der Waals surface area contributed by atoms with Crippen LogP contribution in [0.5, 0.6) is 5.75 Å². The lowest BCUT2D eigenvalue weighted by Crippen LogP contribution is -2.66. The van der Waals surface area contributed by atoms with Gasteiger partial charge >= 0.3 is 12.1 Å². The summed E-state index contributed by atoms with van der Waals surface area (Å²) in [5.41, 5.74) is -0.922. The minimum Gasteiger partial charge on any atom is -0.489 e. The molecule has 3 unspecified atom stereocenters. The van der Waals surface area contributed by atoms with Crippen LogP contribution in [0.4, 0.5) is 4.79 Å². The molecule has 0 fully saturated rings. The Labute approximate surface area is 312 Å². The largest absolute Gasteiger partial charge is 0.489 e. The van der Waals surface area contributed by atoms with E-state index in [1.165, 1.54) is 0 Å². The standard InChI is InChI=1S/C40H56ClNO6SSi/c1-10-45-35(43)39(9,27-47-50)28(2)40(37(3,4)5,42-36(44)48-38(6,7)8)23-15-18-30-21-22-33(25-34(30)41)49-32-20-14-19-31(24-32)46-26-29-16-12-11-13-17-29/h11-14,16-17,19-22,24-25,28H,10,15,18,23,26-27H2,1-9,50H3,(H,42,44). The summed E-state index contributed by atoms with van der Waals surface area (Å²) in [6.07, 6.45) is 1.42. The van der Waals surface area contributed by atoms with Crippen molar-refractivity contribution in [3.8, 4) is 5.75 Å². The Kier molecular flexibility index (Phi) is 14.9. The molecule has 0 aliphatic rings. The Hall–Kier alpha value is -2.98. The van der Waals surface area contributed by atoms with Crippen LogP contribution in [0.3, 0.4) is 0 Å². The predicted octanol–water partition coefficient (Wildman–Crippen LogP) is 9.21. The lowest BCUT2D eigenvalue weighted by atomic mass is 9.57. The molecule has 0 saturated carbocycles. The Morgan fingerprint density at radius 3 is 2.20 bits per heavy atom. The highest BCUT2D eigenvalue weighted by Gasteiger charge is 2.56. The van der Waals surface area contributed by atoms with Crippen molar-refractivity contribution < 1.29 is 28.2 Å². The molecule has 0 heterocycles. The molecule has 7 nitrogen and oxygen atoms in total. The van der Waals surface area contributed by atoms with E-state index in [2.05, 4.69) is 44.3 Å². The van der Waals surface area contributed by atoms with Crippen LogP contribution < -0.4 is 10.1 Å². The van der Waals surface area contributed by atoms with Crippen LogP contribution in [0, 0.1) is 16.7 Å². The molecule has 0 spiro atoms. The van der Waals surface area contributed by atoms with Gasteiger partial charge in [0.05, 0.1) is 17.6 Å². The number of amides is 1. The van der Waals surface area contributed by atoms with Crippen LogP contribution in [0.1, 0.15) is 86.3 Å². The highest BCUT2D eigenvalue weighted by Crippen LogP contribution is 2.48. The van der Waals surface area contributed by atoms with Gasteiger partial charge in [0, 0.05) is 21.4 Å². The molecule has 0 bridgehead atoms. The monoisotopic (exact) mass is 741 g/mol. The number of esters is 1. The number of hydrogen-bond donors (Lipinski definition) is 1. The van der Waals surface area contributed by atoms with Gasteiger partial charge in [0.25, 0.3) is 0 Å². The maximum Gasteiger partial charge on any atom is 0.408 e. The third kappa shape index (κ3) is 11.3. The Balaban J connectivity index is 1.83. The Morgan fingerprint density at radius 1 is 0.920 bits per heavy atom. The molecule has 1 amide bonds. The SMILES string of the molecule is CCOC(=O)C(C)(CO[SiH3])C(C)C(CCCc1ccc(Sc2cccc(OCc3ccccc3)c2)cc1Cl)(NC(=O)OC(C)(C)C)C(C)(C)C. The van der Waals surface area contributed by atoms with E-state index in [1.807, 2.05) is 89.2 Å². The van der Waals surface area contributed by atoms with Gasteiger partial charge in [-0.25, -0.2) is 4.79 Å². The van der Waals surface area contributed by atoms with Gasteiger partial charge in [-0.05, 0) is 107 Å². The highest BCUT2D eigenvalue weighted by molar-refractivity contribution is 7.99. The van der Waals surface area contributed by atoms with E-state index in [-0.39, 0.29) is 25.1 Å². The summed E-state index contributed by atoms with van der Waals surface area (Å²) >= 11 is 8.52. The van der Waals surface area contributed by atoms with Crippen LogP contribution in [-0.4, -0.2) is 46.9 Å². The van der Waals surface area contributed by atoms with Crippen LogP contribution in [-0.2, 0) is 31.7 Å². The number of carbonyl (C=O) groups is 2. The van der Waals surface area contributed by atoms with Crippen molar-refractivity contribution in [2.75, 3.05) is 13.2 Å². The smallest absolute Gasteiger partial charge is 0.408 e. The molecular formula is C40H56ClNO6SSi. The second kappa shape index (κ2) is 18.0. The first-order valence-electron chi connectivity index (χ1n) is 17.3. The second-order valence-electron chi connectivity index (χ2n) is 15.1. The van der Waals surface area contributed by atoms with E-state index in [0.717, 1.165) is 26.7 Å². The first-order chi connectivity index (χ1) is 23.4. The molecule has 50 heavy (non-hydrogen) atoms. The van der Waals surface area contributed by atoms with Gasteiger partial charge in [0.15, 0.2) is 0 Å². The maximum absolute atomic E-state index is 13.5. The normalized spacial score (nSPS) is 15.0. The van der Waals surface area contributed by atoms with Crippen LogP contribution in [0.15, 0.2) is 82.6 Å². The Morgan fingerprint density at radius 2 is 1.60 bits per heavy atom. The minimum atomic E-state index is -1.01. The maximum atomic E-state index is 13.5. The van der Waals surface area contributed by atoms with Crippen molar-refractivity contribution >= 4 is 45.9 Å². The van der Waals surface area contributed by atoms with Gasteiger partial charge in [0.2, 0.25) is 0 Å². The summed E-state index contributed by atoms with van der Waals surface area (Å²) in [6.45, 7) is 18.4. The van der Waals surface area contributed by atoms with Gasteiger partial charge in [-0.15, -0.1) is 0 Å². The third-order valence-corrected chi connectivity index (χ3v) is 10.9. The molecule has 3 aromatic carbocycles. The molecule has 274 valence electrons. The summed E-state index contributed by atoms with van der Waals surface area (Å²) in [6, 6.07) is 24.3. The van der Waals surface area contributed by atoms with Crippen molar-refractivity contribution in [2.45, 2.75) is 109 Å². The highest BCUT2D eigenvalue weighted by atomic mass is 35.5. The van der Waals surface area contributed by atoms with Crippen molar-refractivity contribution in [1.82, 2.24) is 5.32 Å². The van der Waals surface area contributed by atoms with Gasteiger partial charge in [-0.1, -0.05) is 93.5 Å². The quantitative estimate of drug-likeness (QED) is 0.116. The molecule has 0 radical (unpaired) electrons. The van der Waals surface area contributed by atoms with Gasteiger partial charge in [-0.3, -0.25) is 4.79 Å². The Bertz CT molecular complexity index is 1560. The number of nitrogens with one attached hydrogen (secondary N) is 1. The fourth-order valence-electron chi connectivity index (χ4n) is 6.44. The van der Waals surface area contributed by atoms with Crippen LogP contribution in [0.25, 0.3) is 0 Å². The number of halogens is 1. The fourth-order valence-corrected chi connectivity index (χ4v) is 8.29. The molecule has 0 aliphatic heterocycles. The first kappa shape index (κ1) is 41.4. The van der Waals surface area contributed by atoms with E-state index in [4.69, 9.17) is 30.2 Å². The number of ether oxygens (including phenoxy) is 3. The molecule has 3 atom stereocenters.